The number of nitrogens with zero attached hydrogens (tertiary/aromatic N) is 1. The van der Waals surface area contributed by atoms with Gasteiger partial charge in [-0.25, -0.2) is 0 Å². The molecule has 3 nitrogen and oxygen atoms in total. The maximum absolute atomic E-state index is 8.93. The van der Waals surface area contributed by atoms with Gasteiger partial charge in [-0.1, -0.05) is 6.07 Å². The Hall–Kier alpha value is -2.21. The maximum atomic E-state index is 8.93. The molecule has 1 aromatic heterocycles. The third kappa shape index (κ3) is 3.62. The van der Waals surface area contributed by atoms with Crippen LogP contribution in [0.25, 0.3) is 0 Å². The smallest absolute Gasteiger partial charge is 0.103 e. The van der Waals surface area contributed by atoms with Crippen LogP contribution in [0, 0.1) is 18.3 Å². The predicted molar refractivity (Wildman–Crippen MR) is 76.0 cm³/mol. The van der Waals surface area contributed by atoms with E-state index in [0.717, 1.165) is 29.9 Å². The molecule has 0 spiro atoms. The quantitative estimate of drug-likeness (QED) is 0.880. The van der Waals surface area contributed by atoms with E-state index in [4.69, 9.17) is 9.68 Å². The van der Waals surface area contributed by atoms with Gasteiger partial charge in [0.25, 0.3) is 0 Å². The predicted octanol–water partition coefficient (Wildman–Crippen LogP) is 3.89. The Morgan fingerprint density at radius 2 is 2.21 bits per heavy atom. The lowest BCUT2D eigenvalue weighted by Crippen LogP contribution is -2.16. The van der Waals surface area contributed by atoms with Crippen LogP contribution in [0.15, 0.2) is 41.0 Å². The van der Waals surface area contributed by atoms with Gasteiger partial charge in [0.15, 0.2) is 0 Å². The first kappa shape index (κ1) is 13.2. The van der Waals surface area contributed by atoms with E-state index in [1.54, 1.807) is 6.26 Å². The summed E-state index contributed by atoms with van der Waals surface area (Å²) in [4.78, 5) is 0. The topological polar surface area (TPSA) is 49.0 Å². The van der Waals surface area contributed by atoms with Crippen LogP contribution in [-0.4, -0.2) is 6.04 Å². The minimum Gasteiger partial charge on any atom is -0.469 e. The fourth-order valence-corrected chi connectivity index (χ4v) is 2.00. The highest BCUT2D eigenvalue weighted by molar-refractivity contribution is 5.55. The molecule has 19 heavy (non-hydrogen) atoms. The fourth-order valence-electron chi connectivity index (χ4n) is 2.00. The monoisotopic (exact) mass is 254 g/mol. The molecule has 0 radical (unpaired) electrons. The lowest BCUT2D eigenvalue weighted by Gasteiger charge is -2.16. The molecular weight excluding hydrogens is 236 g/mol. The van der Waals surface area contributed by atoms with Gasteiger partial charge >= 0.3 is 0 Å². The van der Waals surface area contributed by atoms with Crippen molar-refractivity contribution in [1.82, 2.24) is 0 Å². The number of rotatable bonds is 5. The van der Waals surface area contributed by atoms with E-state index in [9.17, 15) is 0 Å². The maximum Gasteiger partial charge on any atom is 0.103 e. The molecule has 1 unspecified atom stereocenters. The molecule has 0 fully saturated rings. The van der Waals surface area contributed by atoms with Crippen molar-refractivity contribution in [3.63, 3.8) is 0 Å². The van der Waals surface area contributed by atoms with Gasteiger partial charge in [-0.05, 0) is 50.1 Å². The van der Waals surface area contributed by atoms with Crippen LogP contribution in [0.1, 0.15) is 30.2 Å². The molecule has 98 valence electrons. The first-order valence-electron chi connectivity index (χ1n) is 6.48. The zero-order chi connectivity index (χ0) is 13.7. The van der Waals surface area contributed by atoms with Crippen molar-refractivity contribution in [2.45, 2.75) is 32.7 Å². The minimum absolute atomic E-state index is 0.331. The number of hydrogen-bond donors (Lipinski definition) is 1. The summed E-state index contributed by atoms with van der Waals surface area (Å²) in [7, 11) is 0. The van der Waals surface area contributed by atoms with Crippen molar-refractivity contribution in [3.8, 4) is 6.07 Å². The second kappa shape index (κ2) is 6.10. The Balaban J connectivity index is 1.95. The Labute approximate surface area is 113 Å². The van der Waals surface area contributed by atoms with E-state index in [1.807, 2.05) is 37.3 Å². The van der Waals surface area contributed by atoms with Crippen LogP contribution in [-0.2, 0) is 6.42 Å². The van der Waals surface area contributed by atoms with Gasteiger partial charge in [0.2, 0.25) is 0 Å². The largest absolute Gasteiger partial charge is 0.469 e. The molecule has 1 heterocycles. The van der Waals surface area contributed by atoms with Crippen LogP contribution in [0.4, 0.5) is 5.69 Å². The van der Waals surface area contributed by atoms with Crippen LogP contribution in [0.3, 0.4) is 0 Å². The van der Waals surface area contributed by atoms with Gasteiger partial charge < -0.3 is 9.73 Å². The third-order valence-electron chi connectivity index (χ3n) is 3.17. The second-order valence-corrected chi connectivity index (χ2v) is 4.80. The van der Waals surface area contributed by atoms with E-state index >= 15 is 0 Å². The molecule has 2 aromatic rings. The molecular formula is C16H18N2O. The van der Waals surface area contributed by atoms with Crippen molar-refractivity contribution in [1.29, 1.82) is 5.26 Å². The summed E-state index contributed by atoms with van der Waals surface area (Å²) >= 11 is 0. The lowest BCUT2D eigenvalue weighted by atomic mass is 10.1. The molecule has 0 aliphatic rings. The molecule has 3 heteroatoms. The summed E-state index contributed by atoms with van der Waals surface area (Å²) in [5.41, 5.74) is 2.88. The molecule has 0 bridgehead atoms. The highest BCUT2D eigenvalue weighted by Gasteiger charge is 2.06. The average molecular weight is 254 g/mol. The molecule has 0 saturated carbocycles. The van der Waals surface area contributed by atoms with E-state index in [1.165, 1.54) is 0 Å². The summed E-state index contributed by atoms with van der Waals surface area (Å²) in [6, 6.07) is 12.1. The summed E-state index contributed by atoms with van der Waals surface area (Å²) in [6.45, 7) is 4.18. The number of hydrogen-bond acceptors (Lipinski definition) is 3. The van der Waals surface area contributed by atoms with Crippen LogP contribution in [0.5, 0.6) is 0 Å². The van der Waals surface area contributed by atoms with Gasteiger partial charge in [0.1, 0.15) is 5.76 Å². The summed E-state index contributed by atoms with van der Waals surface area (Å²) in [6.07, 6.45) is 3.61. The number of anilines is 1. The summed E-state index contributed by atoms with van der Waals surface area (Å²) in [5.74, 6) is 1.01. The lowest BCUT2D eigenvalue weighted by molar-refractivity contribution is 0.495. The van der Waals surface area contributed by atoms with Crippen molar-refractivity contribution in [2.24, 2.45) is 0 Å². The normalized spacial score (nSPS) is 11.8. The van der Waals surface area contributed by atoms with Crippen molar-refractivity contribution < 1.29 is 4.42 Å². The van der Waals surface area contributed by atoms with Crippen LogP contribution >= 0.6 is 0 Å². The SMILES string of the molecule is Cc1ccc(C#N)cc1NC(C)CCc1ccco1. The van der Waals surface area contributed by atoms with E-state index in [2.05, 4.69) is 18.3 Å². The molecule has 0 amide bonds. The number of benzene rings is 1. The van der Waals surface area contributed by atoms with E-state index in [-0.39, 0.29) is 0 Å². The van der Waals surface area contributed by atoms with E-state index < -0.39 is 0 Å². The molecule has 0 aliphatic carbocycles. The Morgan fingerprint density at radius 3 is 2.89 bits per heavy atom. The Kier molecular flexibility index (Phi) is 4.25. The summed E-state index contributed by atoms with van der Waals surface area (Å²) < 4.78 is 5.32. The van der Waals surface area contributed by atoms with Gasteiger partial charge in [-0.15, -0.1) is 0 Å². The van der Waals surface area contributed by atoms with Gasteiger partial charge in [-0.2, -0.15) is 5.26 Å². The van der Waals surface area contributed by atoms with Crippen molar-refractivity contribution in [3.05, 3.63) is 53.5 Å². The molecule has 2 rings (SSSR count). The number of nitrogens with one attached hydrogen (secondary N) is 1. The van der Waals surface area contributed by atoms with Gasteiger partial charge in [0, 0.05) is 18.2 Å². The van der Waals surface area contributed by atoms with Crippen molar-refractivity contribution >= 4 is 5.69 Å². The molecule has 0 aliphatic heterocycles. The number of aryl methyl sites for hydroxylation is 2. The van der Waals surface area contributed by atoms with E-state index in [0.29, 0.717) is 11.6 Å². The zero-order valence-corrected chi connectivity index (χ0v) is 11.3. The van der Waals surface area contributed by atoms with Gasteiger partial charge in [0.05, 0.1) is 17.9 Å². The number of furan rings is 1. The van der Waals surface area contributed by atoms with Crippen LogP contribution < -0.4 is 5.32 Å². The minimum atomic E-state index is 0.331. The van der Waals surface area contributed by atoms with Gasteiger partial charge in [-0.3, -0.25) is 0 Å². The highest BCUT2D eigenvalue weighted by Crippen LogP contribution is 2.18. The first-order chi connectivity index (χ1) is 9.19. The first-order valence-corrected chi connectivity index (χ1v) is 6.48. The average Bonchev–Trinajstić information content (AvgIpc) is 2.92. The Morgan fingerprint density at radius 1 is 1.37 bits per heavy atom. The second-order valence-electron chi connectivity index (χ2n) is 4.80. The number of nitriles is 1. The Bertz CT molecular complexity index is 567. The standard InChI is InChI=1S/C16H18N2O/c1-12-5-7-14(11-17)10-16(12)18-13(2)6-8-15-4-3-9-19-15/h3-5,7,9-10,13,18H,6,8H2,1-2H3. The van der Waals surface area contributed by atoms with Crippen LogP contribution in [0.2, 0.25) is 0 Å². The molecule has 1 aromatic carbocycles. The fraction of sp³-hybridized carbons (Fsp3) is 0.312. The molecule has 1 atom stereocenters. The third-order valence-corrected chi connectivity index (χ3v) is 3.17. The molecule has 1 N–H and O–H groups in total. The molecule has 0 saturated heterocycles. The van der Waals surface area contributed by atoms with Crippen molar-refractivity contribution in [2.75, 3.05) is 5.32 Å². The summed E-state index contributed by atoms with van der Waals surface area (Å²) in [5, 5.41) is 12.4. The highest BCUT2D eigenvalue weighted by atomic mass is 16.3. The zero-order valence-electron chi connectivity index (χ0n) is 11.3.